The molecule has 0 amide bonds. The van der Waals surface area contributed by atoms with Gasteiger partial charge in [-0.3, -0.25) is 9.59 Å². The highest BCUT2D eigenvalue weighted by Gasteiger charge is 2.38. The first-order chi connectivity index (χ1) is 5.49. The van der Waals surface area contributed by atoms with Crippen molar-refractivity contribution >= 4 is 18.0 Å². The molecule has 0 N–H and O–H groups in total. The molecule has 0 spiro atoms. The van der Waals surface area contributed by atoms with Gasteiger partial charge in [0.15, 0.2) is 0 Å². The van der Waals surface area contributed by atoms with Crippen molar-refractivity contribution in [2.24, 2.45) is 5.41 Å². The summed E-state index contributed by atoms with van der Waals surface area (Å²) in [6.07, 6.45) is 0.410. The van der Waals surface area contributed by atoms with E-state index in [4.69, 9.17) is 0 Å². The molecule has 4 nitrogen and oxygen atoms in total. The fourth-order valence-electron chi connectivity index (χ4n) is 0.763. The molecule has 0 saturated heterocycles. The van der Waals surface area contributed by atoms with Crippen LogP contribution in [0, 0.1) is 5.41 Å². The molecule has 0 aliphatic rings. The van der Waals surface area contributed by atoms with Crippen LogP contribution >= 0.6 is 0 Å². The van der Waals surface area contributed by atoms with Crippen molar-refractivity contribution in [2.75, 3.05) is 7.11 Å². The van der Waals surface area contributed by atoms with Crippen molar-refractivity contribution in [3.8, 4) is 0 Å². The van der Waals surface area contributed by atoms with Gasteiger partial charge in [-0.2, -0.15) is 0 Å². The standard InChI is InChI=1S/C8H12O4/c1-6(10)8(2,4-5-9)7(11)12-3/h5H,4H2,1-3H3. The maximum absolute atomic E-state index is 11.1. The molecule has 0 rings (SSSR count). The number of ketones is 1. The minimum atomic E-state index is -1.31. The van der Waals surface area contributed by atoms with Crippen LogP contribution < -0.4 is 0 Å². The van der Waals surface area contributed by atoms with Gasteiger partial charge in [-0.25, -0.2) is 0 Å². The predicted molar refractivity (Wildman–Crippen MR) is 41.5 cm³/mol. The Morgan fingerprint density at radius 1 is 1.50 bits per heavy atom. The summed E-state index contributed by atoms with van der Waals surface area (Å²) < 4.78 is 4.41. The number of rotatable bonds is 4. The van der Waals surface area contributed by atoms with E-state index < -0.39 is 11.4 Å². The maximum Gasteiger partial charge on any atom is 0.319 e. The zero-order chi connectivity index (χ0) is 9.78. The second-order valence-corrected chi connectivity index (χ2v) is 2.75. The number of carbonyl (C=O) groups excluding carboxylic acids is 3. The Hall–Kier alpha value is -1.19. The Morgan fingerprint density at radius 2 is 2.00 bits per heavy atom. The van der Waals surface area contributed by atoms with E-state index in [1.165, 1.54) is 21.0 Å². The van der Waals surface area contributed by atoms with Gasteiger partial charge in [-0.05, 0) is 13.8 Å². The van der Waals surface area contributed by atoms with Gasteiger partial charge in [0.1, 0.15) is 17.5 Å². The summed E-state index contributed by atoms with van der Waals surface area (Å²) in [7, 11) is 1.19. The molecule has 4 heteroatoms. The van der Waals surface area contributed by atoms with Crippen LogP contribution in [0.15, 0.2) is 0 Å². The number of methoxy groups -OCH3 is 1. The summed E-state index contributed by atoms with van der Waals surface area (Å²) in [6, 6.07) is 0. The van der Waals surface area contributed by atoms with Crippen LogP contribution in [0.25, 0.3) is 0 Å². The third-order valence-corrected chi connectivity index (χ3v) is 1.90. The number of hydrogen-bond acceptors (Lipinski definition) is 4. The predicted octanol–water partition coefficient (Wildman–Crippen LogP) is 0.344. The molecule has 0 aliphatic carbocycles. The molecule has 1 unspecified atom stereocenters. The quantitative estimate of drug-likeness (QED) is 0.348. The third-order valence-electron chi connectivity index (χ3n) is 1.90. The fraction of sp³-hybridized carbons (Fsp3) is 0.625. The van der Waals surface area contributed by atoms with Gasteiger partial charge < -0.3 is 9.53 Å². The summed E-state index contributed by atoms with van der Waals surface area (Å²) in [4.78, 5) is 32.2. The molecule has 0 saturated carbocycles. The van der Waals surface area contributed by atoms with Crippen LogP contribution in [-0.2, 0) is 19.1 Å². The van der Waals surface area contributed by atoms with Crippen LogP contribution in [0.3, 0.4) is 0 Å². The Kier molecular flexibility index (Phi) is 3.60. The van der Waals surface area contributed by atoms with Gasteiger partial charge >= 0.3 is 5.97 Å². The van der Waals surface area contributed by atoms with Crippen molar-refractivity contribution in [1.29, 1.82) is 0 Å². The van der Waals surface area contributed by atoms with Crippen molar-refractivity contribution in [1.82, 2.24) is 0 Å². The smallest absolute Gasteiger partial charge is 0.319 e. The second-order valence-electron chi connectivity index (χ2n) is 2.75. The summed E-state index contributed by atoms with van der Waals surface area (Å²) >= 11 is 0. The average molecular weight is 172 g/mol. The minimum Gasteiger partial charge on any atom is -0.468 e. The maximum atomic E-state index is 11.1. The van der Waals surface area contributed by atoms with Gasteiger partial charge in [-0.1, -0.05) is 0 Å². The largest absolute Gasteiger partial charge is 0.468 e. The zero-order valence-electron chi connectivity index (χ0n) is 7.42. The molecule has 12 heavy (non-hydrogen) atoms. The second kappa shape index (κ2) is 3.99. The van der Waals surface area contributed by atoms with Crippen LogP contribution in [0.2, 0.25) is 0 Å². The lowest BCUT2D eigenvalue weighted by Crippen LogP contribution is -2.36. The van der Waals surface area contributed by atoms with E-state index in [0.717, 1.165) is 0 Å². The topological polar surface area (TPSA) is 60.4 Å². The Labute approximate surface area is 70.9 Å². The molecule has 0 aromatic heterocycles. The number of ether oxygens (including phenoxy) is 1. The van der Waals surface area contributed by atoms with E-state index in [9.17, 15) is 14.4 Å². The number of hydrogen-bond donors (Lipinski definition) is 0. The van der Waals surface area contributed by atoms with Gasteiger partial charge in [0, 0.05) is 6.42 Å². The molecule has 0 aliphatic heterocycles. The Morgan fingerprint density at radius 3 is 2.25 bits per heavy atom. The van der Waals surface area contributed by atoms with Crippen LogP contribution in [0.1, 0.15) is 20.3 Å². The van der Waals surface area contributed by atoms with E-state index in [1.54, 1.807) is 0 Å². The third kappa shape index (κ3) is 1.90. The normalized spacial score (nSPS) is 14.6. The molecule has 0 bridgehead atoms. The van der Waals surface area contributed by atoms with Crippen molar-refractivity contribution < 1.29 is 19.1 Å². The van der Waals surface area contributed by atoms with Gasteiger partial charge in [0.25, 0.3) is 0 Å². The first-order valence-corrected chi connectivity index (χ1v) is 3.52. The first kappa shape index (κ1) is 10.8. The van der Waals surface area contributed by atoms with Crippen LogP contribution in [0.5, 0.6) is 0 Å². The number of esters is 1. The highest BCUT2D eigenvalue weighted by atomic mass is 16.5. The molecule has 68 valence electrons. The number of Topliss-reactive ketones (excluding diaryl/α,β-unsaturated/α-hetero) is 1. The van der Waals surface area contributed by atoms with E-state index in [-0.39, 0.29) is 12.2 Å². The summed E-state index contributed by atoms with van der Waals surface area (Å²) in [5.41, 5.74) is -1.31. The minimum absolute atomic E-state index is 0.130. The Bertz CT molecular complexity index is 209. The summed E-state index contributed by atoms with van der Waals surface area (Å²) in [5, 5.41) is 0. The molecule has 0 fully saturated rings. The van der Waals surface area contributed by atoms with Crippen LogP contribution in [-0.4, -0.2) is 25.1 Å². The molecule has 1 atom stereocenters. The number of carbonyl (C=O) groups is 3. The molecule has 0 heterocycles. The lowest BCUT2D eigenvalue weighted by molar-refractivity contribution is -0.157. The molecular weight excluding hydrogens is 160 g/mol. The van der Waals surface area contributed by atoms with Crippen LogP contribution in [0.4, 0.5) is 0 Å². The van der Waals surface area contributed by atoms with Crippen molar-refractivity contribution in [3.05, 3.63) is 0 Å². The first-order valence-electron chi connectivity index (χ1n) is 3.52. The van der Waals surface area contributed by atoms with E-state index in [0.29, 0.717) is 6.29 Å². The fourth-order valence-corrected chi connectivity index (χ4v) is 0.763. The summed E-state index contributed by atoms with van der Waals surface area (Å²) in [5.74, 6) is -1.02. The average Bonchev–Trinajstić information content (AvgIpc) is 2.03. The zero-order valence-corrected chi connectivity index (χ0v) is 7.42. The summed E-state index contributed by atoms with van der Waals surface area (Å²) in [6.45, 7) is 2.66. The van der Waals surface area contributed by atoms with E-state index in [2.05, 4.69) is 4.74 Å². The lowest BCUT2D eigenvalue weighted by atomic mass is 9.83. The van der Waals surface area contributed by atoms with Gasteiger partial charge in [0.2, 0.25) is 0 Å². The molecule has 0 aromatic carbocycles. The lowest BCUT2D eigenvalue weighted by Gasteiger charge is -2.20. The van der Waals surface area contributed by atoms with Gasteiger partial charge in [0.05, 0.1) is 7.11 Å². The van der Waals surface area contributed by atoms with E-state index in [1.807, 2.05) is 0 Å². The molecular formula is C8H12O4. The monoisotopic (exact) mass is 172 g/mol. The number of aldehydes is 1. The highest BCUT2D eigenvalue weighted by Crippen LogP contribution is 2.22. The van der Waals surface area contributed by atoms with Gasteiger partial charge in [-0.15, -0.1) is 0 Å². The van der Waals surface area contributed by atoms with E-state index >= 15 is 0 Å². The molecule has 0 radical (unpaired) electrons. The SMILES string of the molecule is COC(=O)C(C)(CC=O)C(C)=O. The van der Waals surface area contributed by atoms with Crippen molar-refractivity contribution in [3.63, 3.8) is 0 Å². The molecule has 0 aromatic rings. The van der Waals surface area contributed by atoms with Crippen molar-refractivity contribution in [2.45, 2.75) is 20.3 Å². The highest BCUT2D eigenvalue weighted by molar-refractivity contribution is 6.03. The Balaban J connectivity index is 4.72.